The van der Waals surface area contributed by atoms with Crippen LogP contribution in [-0.4, -0.2) is 43.0 Å². The number of carbonyl (C=O) groups excluding carboxylic acids is 1. The molecule has 6 rings (SSSR count). The predicted molar refractivity (Wildman–Crippen MR) is 155 cm³/mol. The van der Waals surface area contributed by atoms with E-state index in [4.69, 9.17) is 9.73 Å². The summed E-state index contributed by atoms with van der Waals surface area (Å²) in [5.41, 5.74) is 0.207. The molecule has 0 saturated heterocycles. The summed E-state index contributed by atoms with van der Waals surface area (Å²) < 4.78 is 72.8. The summed E-state index contributed by atoms with van der Waals surface area (Å²) in [6.07, 6.45) is -5.45. The van der Waals surface area contributed by atoms with Crippen LogP contribution < -0.4 is 0 Å². The lowest BCUT2D eigenvalue weighted by Gasteiger charge is -2.32. The molecule has 2 atom stereocenters. The van der Waals surface area contributed by atoms with E-state index in [0.29, 0.717) is 16.7 Å². The number of benzene rings is 4. The number of rotatable bonds is 7. The van der Waals surface area contributed by atoms with Crippen LogP contribution in [-0.2, 0) is 38.5 Å². The van der Waals surface area contributed by atoms with Crippen LogP contribution in [0.15, 0.2) is 119 Å². The Morgan fingerprint density at radius 1 is 0.860 bits per heavy atom. The minimum absolute atomic E-state index is 0.0543. The van der Waals surface area contributed by atoms with Crippen molar-refractivity contribution >= 4 is 21.6 Å². The van der Waals surface area contributed by atoms with E-state index in [-0.39, 0.29) is 36.1 Å². The van der Waals surface area contributed by atoms with Gasteiger partial charge >= 0.3 is 6.18 Å². The van der Waals surface area contributed by atoms with Crippen molar-refractivity contribution in [3.63, 3.8) is 0 Å². The molecule has 10 heteroatoms. The van der Waals surface area contributed by atoms with Crippen molar-refractivity contribution in [2.45, 2.75) is 35.7 Å². The van der Waals surface area contributed by atoms with Gasteiger partial charge in [0.15, 0.2) is 21.5 Å². The van der Waals surface area contributed by atoms with Crippen LogP contribution in [0.2, 0.25) is 0 Å². The molecule has 220 valence electrons. The second-order valence-corrected chi connectivity index (χ2v) is 12.7. The van der Waals surface area contributed by atoms with E-state index in [1.165, 1.54) is 29.2 Å². The molecule has 4 aromatic carbocycles. The first-order valence-electron chi connectivity index (χ1n) is 13.7. The van der Waals surface area contributed by atoms with Gasteiger partial charge in [0, 0.05) is 30.6 Å². The molecule has 0 aromatic heterocycles. The Labute approximate surface area is 247 Å². The normalized spacial score (nSPS) is 20.1. The number of alkyl halides is 3. The van der Waals surface area contributed by atoms with E-state index in [2.05, 4.69) is 0 Å². The van der Waals surface area contributed by atoms with Crippen LogP contribution in [0.3, 0.4) is 0 Å². The van der Waals surface area contributed by atoms with Crippen LogP contribution >= 0.6 is 0 Å². The molecule has 0 radical (unpaired) electrons. The van der Waals surface area contributed by atoms with Crippen molar-refractivity contribution < 1.29 is 31.1 Å². The number of aliphatic imine (C=N–C) groups is 1. The lowest BCUT2D eigenvalue weighted by Crippen LogP contribution is -2.50. The van der Waals surface area contributed by atoms with E-state index in [1.54, 1.807) is 30.3 Å². The van der Waals surface area contributed by atoms with Gasteiger partial charge in [-0.05, 0) is 47.5 Å². The highest BCUT2D eigenvalue weighted by Gasteiger charge is 2.56. The summed E-state index contributed by atoms with van der Waals surface area (Å²) >= 11 is 0. The Morgan fingerprint density at radius 2 is 1.49 bits per heavy atom. The molecule has 4 aromatic rings. The van der Waals surface area contributed by atoms with Crippen molar-refractivity contribution in [1.29, 1.82) is 0 Å². The minimum Gasteiger partial charge on any atom is -0.466 e. The van der Waals surface area contributed by atoms with E-state index in [0.717, 1.165) is 17.7 Å². The fraction of sp³-hybridized carbons (Fsp3) is 0.212. The molecule has 43 heavy (non-hydrogen) atoms. The number of amides is 1. The quantitative estimate of drug-likeness (QED) is 0.259. The first kappa shape index (κ1) is 28.7. The number of fused-ring (bicyclic) bond motifs is 3. The largest absolute Gasteiger partial charge is 0.466 e. The maximum absolute atomic E-state index is 14.6. The number of hydrogen-bond acceptors (Lipinski definition) is 5. The number of nitrogens with zero attached hydrogens (tertiary/aromatic N) is 2. The van der Waals surface area contributed by atoms with Crippen LogP contribution in [0.5, 0.6) is 0 Å². The van der Waals surface area contributed by atoms with Crippen molar-refractivity contribution in [2.75, 3.05) is 12.3 Å². The molecular weight excluding hydrogens is 577 g/mol. The van der Waals surface area contributed by atoms with Crippen molar-refractivity contribution in [3.05, 3.63) is 137 Å². The summed E-state index contributed by atoms with van der Waals surface area (Å²) in [6, 6.07) is 29.1. The molecule has 0 saturated carbocycles. The SMILES string of the molecule is O=C1N(CCS(=O)(=O)c2ccccc2)Cc2ccccc2[C@@H]2OC(c3ccccc3)=N[C@]12Cc1ccc(C(F)(F)F)cc1. The summed E-state index contributed by atoms with van der Waals surface area (Å²) in [4.78, 5) is 21.2. The smallest absolute Gasteiger partial charge is 0.416 e. The molecule has 0 unspecified atom stereocenters. The van der Waals surface area contributed by atoms with E-state index in [9.17, 15) is 26.4 Å². The van der Waals surface area contributed by atoms with Crippen LogP contribution in [0.1, 0.15) is 33.9 Å². The average Bonchev–Trinajstić information content (AvgIpc) is 3.36. The molecule has 0 aliphatic carbocycles. The lowest BCUT2D eigenvalue weighted by atomic mass is 9.81. The van der Waals surface area contributed by atoms with Crippen LogP contribution in [0.4, 0.5) is 13.2 Å². The second-order valence-electron chi connectivity index (χ2n) is 10.6. The third-order valence-electron chi connectivity index (χ3n) is 7.83. The zero-order valence-corrected chi connectivity index (χ0v) is 23.7. The van der Waals surface area contributed by atoms with Crippen LogP contribution in [0.25, 0.3) is 0 Å². The summed E-state index contributed by atoms with van der Waals surface area (Å²) in [7, 11) is -3.71. The lowest BCUT2D eigenvalue weighted by molar-refractivity contribution is -0.139. The molecule has 0 spiro atoms. The molecule has 0 bridgehead atoms. The van der Waals surface area contributed by atoms with Gasteiger partial charge in [-0.3, -0.25) is 4.79 Å². The highest BCUT2D eigenvalue weighted by Crippen LogP contribution is 2.46. The second kappa shape index (κ2) is 11.0. The molecule has 2 aliphatic rings. The maximum Gasteiger partial charge on any atom is 0.416 e. The average molecular weight is 605 g/mol. The van der Waals surface area contributed by atoms with Gasteiger partial charge in [-0.15, -0.1) is 0 Å². The number of halogens is 3. The number of hydrogen-bond donors (Lipinski definition) is 0. The highest BCUT2D eigenvalue weighted by atomic mass is 32.2. The number of sulfone groups is 1. The summed E-state index contributed by atoms with van der Waals surface area (Å²) in [6.45, 7) is 0.0200. The fourth-order valence-electron chi connectivity index (χ4n) is 5.64. The van der Waals surface area contributed by atoms with Gasteiger partial charge in [-0.25, -0.2) is 13.4 Å². The Kier molecular flexibility index (Phi) is 7.33. The fourth-order valence-corrected chi connectivity index (χ4v) is 6.91. The Balaban J connectivity index is 1.44. The van der Waals surface area contributed by atoms with Gasteiger partial charge in [0.25, 0.3) is 5.91 Å². The van der Waals surface area contributed by atoms with Gasteiger partial charge < -0.3 is 9.64 Å². The molecule has 1 amide bonds. The van der Waals surface area contributed by atoms with Gasteiger partial charge in [0.1, 0.15) is 0 Å². The molecular formula is C33H27F3N2O4S. The van der Waals surface area contributed by atoms with E-state index >= 15 is 0 Å². The van der Waals surface area contributed by atoms with Crippen molar-refractivity contribution in [1.82, 2.24) is 4.90 Å². The monoisotopic (exact) mass is 604 g/mol. The highest BCUT2D eigenvalue weighted by molar-refractivity contribution is 7.91. The zero-order chi connectivity index (χ0) is 30.2. The van der Waals surface area contributed by atoms with Gasteiger partial charge in [-0.1, -0.05) is 72.8 Å². The van der Waals surface area contributed by atoms with Crippen molar-refractivity contribution in [3.8, 4) is 0 Å². The molecule has 0 N–H and O–H groups in total. The van der Waals surface area contributed by atoms with Crippen LogP contribution in [0, 0.1) is 0 Å². The Bertz CT molecular complexity index is 1780. The summed E-state index contributed by atoms with van der Waals surface area (Å²) in [5, 5.41) is 0. The summed E-state index contributed by atoms with van der Waals surface area (Å²) in [5.74, 6) is -0.538. The topological polar surface area (TPSA) is 76.0 Å². The van der Waals surface area contributed by atoms with E-state index in [1.807, 2.05) is 42.5 Å². The molecule has 2 heterocycles. The minimum atomic E-state index is -4.51. The molecule has 2 aliphatic heterocycles. The molecule has 6 nitrogen and oxygen atoms in total. The standard InChI is InChI=1S/C33H27F3N2O4S/c34-33(35,36)26-17-15-23(16-18-26)21-32-29(42-30(37-32)24-9-3-1-4-10-24)28-14-8-7-11-25(28)22-38(31(32)39)19-20-43(40,41)27-12-5-2-6-13-27/h1-18,29H,19-22H2/t29-,32-/m0/s1. The number of ether oxygens (including phenoxy) is 1. The number of carbonyl (C=O) groups is 1. The first-order chi connectivity index (χ1) is 20.6. The van der Waals surface area contributed by atoms with Gasteiger partial charge in [0.2, 0.25) is 5.90 Å². The third-order valence-corrected chi connectivity index (χ3v) is 9.54. The van der Waals surface area contributed by atoms with Gasteiger partial charge in [-0.2, -0.15) is 13.2 Å². The zero-order valence-electron chi connectivity index (χ0n) is 22.9. The van der Waals surface area contributed by atoms with E-state index < -0.39 is 39.1 Å². The van der Waals surface area contributed by atoms with Crippen molar-refractivity contribution in [2.24, 2.45) is 4.99 Å². The Hall–Kier alpha value is -4.44. The predicted octanol–water partition coefficient (Wildman–Crippen LogP) is 6.02. The van der Waals surface area contributed by atoms with Gasteiger partial charge in [0.05, 0.1) is 16.2 Å². The first-order valence-corrected chi connectivity index (χ1v) is 15.4. The Morgan fingerprint density at radius 3 is 2.16 bits per heavy atom. The molecule has 0 fully saturated rings. The third kappa shape index (κ3) is 5.54. The maximum atomic E-state index is 14.6.